The lowest BCUT2D eigenvalue weighted by molar-refractivity contribution is -0.0199. The van der Waals surface area contributed by atoms with Gasteiger partial charge in [0.1, 0.15) is 11.5 Å². The highest BCUT2D eigenvalue weighted by atomic mass is 16.5. The molecule has 1 saturated heterocycles. The number of para-hydroxylation sites is 1. The summed E-state index contributed by atoms with van der Waals surface area (Å²) in [5.41, 5.74) is 5.65. The first-order valence-corrected chi connectivity index (χ1v) is 15.5. The third-order valence-corrected chi connectivity index (χ3v) is 8.49. The maximum Gasteiger partial charge on any atom is 0.407 e. The van der Waals surface area contributed by atoms with Crippen LogP contribution in [0, 0.1) is 0 Å². The fourth-order valence-corrected chi connectivity index (χ4v) is 6.15. The summed E-state index contributed by atoms with van der Waals surface area (Å²) in [6.45, 7) is 4.51. The van der Waals surface area contributed by atoms with Gasteiger partial charge in [-0.05, 0) is 60.2 Å². The van der Waals surface area contributed by atoms with Crippen molar-refractivity contribution in [2.75, 3.05) is 58.0 Å². The third-order valence-electron chi connectivity index (χ3n) is 8.49. The van der Waals surface area contributed by atoms with E-state index in [9.17, 15) is 15.0 Å². The zero-order valence-corrected chi connectivity index (χ0v) is 25.5. The Bertz CT molecular complexity index is 1350. The van der Waals surface area contributed by atoms with Crippen LogP contribution in [0.5, 0.6) is 11.5 Å². The van der Waals surface area contributed by atoms with Gasteiger partial charge >= 0.3 is 6.09 Å². The highest BCUT2D eigenvalue weighted by Gasteiger charge is 2.33. The Morgan fingerprint density at radius 3 is 2.64 bits per heavy atom. The van der Waals surface area contributed by atoms with Crippen molar-refractivity contribution in [3.63, 3.8) is 0 Å². The number of rotatable bonds is 14. The number of fused-ring (bicyclic) bond motifs is 1. The van der Waals surface area contributed by atoms with E-state index in [-0.39, 0.29) is 18.6 Å². The molecule has 2 N–H and O–H groups in total. The Balaban J connectivity index is 1.14. The van der Waals surface area contributed by atoms with Crippen LogP contribution in [0.1, 0.15) is 47.4 Å². The molecule has 3 aromatic rings. The fraction of sp³-hybridized carbons (Fsp3) is 0.457. The summed E-state index contributed by atoms with van der Waals surface area (Å²) in [4.78, 5) is 15.5. The minimum Gasteiger partial charge on any atom is -0.496 e. The standard InChI is InChI=1S/C35H44N2O7/c1-41-33-8-3-2-6-29(33)25-42-20-5-21-43-30-13-11-27(12-14-30)31-15-17-37(35(39)40)23-34(31)44-24-26-9-10-28-7-4-16-36(18-19-38)32(28)22-26/h2-3,6,8-14,22,31,34,38H,4-5,7,15-21,23-25H2,1H3,(H,39,40)/t31-,34+/m1/s1. The molecule has 0 bridgehead atoms. The number of aryl methyl sites for hydroxylation is 1. The van der Waals surface area contributed by atoms with Gasteiger partial charge in [0, 0.05) is 43.2 Å². The predicted molar refractivity (Wildman–Crippen MR) is 169 cm³/mol. The molecule has 2 aliphatic heterocycles. The molecule has 0 saturated carbocycles. The first-order valence-electron chi connectivity index (χ1n) is 15.5. The maximum atomic E-state index is 11.8. The van der Waals surface area contributed by atoms with Crippen LogP contribution in [0.2, 0.25) is 0 Å². The van der Waals surface area contributed by atoms with Gasteiger partial charge < -0.3 is 39.0 Å². The minimum absolute atomic E-state index is 0.0755. The van der Waals surface area contributed by atoms with Crippen molar-refractivity contribution < 1.29 is 34.0 Å². The molecule has 0 spiro atoms. The number of β-amino-alcohol motifs (C(OH)–C–C–N with tert-alkyl or cyclic N) is 1. The highest BCUT2D eigenvalue weighted by molar-refractivity contribution is 5.65. The fourth-order valence-electron chi connectivity index (χ4n) is 6.15. The van der Waals surface area contributed by atoms with Gasteiger partial charge in [-0.2, -0.15) is 0 Å². The van der Waals surface area contributed by atoms with Crippen molar-refractivity contribution in [3.05, 3.63) is 89.0 Å². The number of benzene rings is 3. The molecule has 3 aromatic carbocycles. The molecule has 9 nitrogen and oxygen atoms in total. The van der Waals surface area contributed by atoms with Crippen molar-refractivity contribution in [1.29, 1.82) is 0 Å². The summed E-state index contributed by atoms with van der Waals surface area (Å²) in [5.74, 6) is 1.70. The van der Waals surface area contributed by atoms with Crippen LogP contribution < -0.4 is 14.4 Å². The molecule has 1 fully saturated rings. The number of amides is 1. The summed E-state index contributed by atoms with van der Waals surface area (Å²) in [7, 11) is 1.66. The molecule has 0 aliphatic carbocycles. The Morgan fingerprint density at radius 1 is 1.00 bits per heavy atom. The SMILES string of the molecule is COc1ccccc1COCCCOc1ccc([C@H]2CCN(C(=O)O)C[C@@H]2OCc2ccc3c(c2)N(CCO)CCC3)cc1. The average molecular weight is 605 g/mol. The second-order valence-electron chi connectivity index (χ2n) is 11.4. The number of carbonyl (C=O) groups is 1. The van der Waals surface area contributed by atoms with E-state index in [2.05, 4.69) is 35.2 Å². The summed E-state index contributed by atoms with van der Waals surface area (Å²) in [5, 5.41) is 19.2. The molecule has 5 rings (SSSR count). The molecule has 2 atom stereocenters. The number of ether oxygens (including phenoxy) is 4. The molecule has 2 heterocycles. The Hall–Kier alpha value is -3.79. The summed E-state index contributed by atoms with van der Waals surface area (Å²) in [6.07, 6.45) is 2.39. The molecular weight excluding hydrogens is 560 g/mol. The minimum atomic E-state index is -0.916. The molecule has 0 unspecified atom stereocenters. The van der Waals surface area contributed by atoms with Gasteiger partial charge in [0.15, 0.2) is 0 Å². The van der Waals surface area contributed by atoms with E-state index in [1.165, 1.54) is 10.5 Å². The van der Waals surface area contributed by atoms with Crippen LogP contribution in [-0.2, 0) is 29.1 Å². The van der Waals surface area contributed by atoms with Crippen LogP contribution in [0.4, 0.5) is 10.5 Å². The van der Waals surface area contributed by atoms with E-state index in [0.717, 1.165) is 59.7 Å². The Labute approximate surface area is 259 Å². The van der Waals surface area contributed by atoms with Gasteiger partial charge in [-0.25, -0.2) is 4.79 Å². The van der Waals surface area contributed by atoms with Gasteiger partial charge in [-0.1, -0.05) is 42.5 Å². The van der Waals surface area contributed by atoms with Gasteiger partial charge in [0.25, 0.3) is 0 Å². The molecule has 0 radical (unpaired) electrons. The van der Waals surface area contributed by atoms with Crippen LogP contribution >= 0.6 is 0 Å². The highest BCUT2D eigenvalue weighted by Crippen LogP contribution is 2.33. The molecular formula is C35H44N2O7. The smallest absolute Gasteiger partial charge is 0.407 e. The quantitative estimate of drug-likeness (QED) is 0.234. The third kappa shape index (κ3) is 8.22. The number of aliphatic hydroxyl groups excluding tert-OH is 1. The van der Waals surface area contributed by atoms with Crippen LogP contribution in [0.25, 0.3) is 0 Å². The monoisotopic (exact) mass is 604 g/mol. The van der Waals surface area contributed by atoms with Gasteiger partial charge in [0.05, 0.1) is 52.8 Å². The van der Waals surface area contributed by atoms with Gasteiger partial charge in [-0.3, -0.25) is 0 Å². The van der Waals surface area contributed by atoms with Gasteiger partial charge in [0.2, 0.25) is 0 Å². The predicted octanol–water partition coefficient (Wildman–Crippen LogP) is 5.48. The zero-order valence-electron chi connectivity index (χ0n) is 25.5. The molecule has 1 amide bonds. The number of hydrogen-bond acceptors (Lipinski definition) is 7. The summed E-state index contributed by atoms with van der Waals surface area (Å²) < 4.78 is 23.6. The van der Waals surface area contributed by atoms with Crippen molar-refractivity contribution in [1.82, 2.24) is 4.90 Å². The Kier molecular flexibility index (Phi) is 11.4. The number of aliphatic hydroxyl groups is 1. The molecule has 236 valence electrons. The van der Waals surface area contributed by atoms with E-state index >= 15 is 0 Å². The summed E-state index contributed by atoms with van der Waals surface area (Å²) >= 11 is 0. The van der Waals surface area contributed by atoms with Crippen molar-refractivity contribution in [2.45, 2.75) is 50.9 Å². The van der Waals surface area contributed by atoms with Crippen molar-refractivity contribution in [2.24, 2.45) is 0 Å². The number of anilines is 1. The van der Waals surface area contributed by atoms with Crippen LogP contribution in [0.15, 0.2) is 66.7 Å². The first kappa shape index (κ1) is 31.6. The number of methoxy groups -OCH3 is 1. The van der Waals surface area contributed by atoms with Crippen LogP contribution in [0.3, 0.4) is 0 Å². The average Bonchev–Trinajstić information content (AvgIpc) is 3.06. The normalized spacial score (nSPS) is 18.1. The lowest BCUT2D eigenvalue weighted by Gasteiger charge is -2.37. The summed E-state index contributed by atoms with van der Waals surface area (Å²) in [6, 6.07) is 22.3. The molecule has 2 aliphatic rings. The van der Waals surface area contributed by atoms with Crippen molar-refractivity contribution in [3.8, 4) is 11.5 Å². The first-order chi connectivity index (χ1) is 21.6. The largest absolute Gasteiger partial charge is 0.496 e. The number of nitrogens with zero attached hydrogens (tertiary/aromatic N) is 2. The number of hydrogen-bond donors (Lipinski definition) is 2. The van der Waals surface area contributed by atoms with E-state index < -0.39 is 6.09 Å². The van der Waals surface area contributed by atoms with Gasteiger partial charge in [-0.15, -0.1) is 0 Å². The molecule has 44 heavy (non-hydrogen) atoms. The lowest BCUT2D eigenvalue weighted by atomic mass is 9.87. The van der Waals surface area contributed by atoms with Crippen LogP contribution in [-0.4, -0.2) is 80.4 Å². The van der Waals surface area contributed by atoms with E-state index in [1.807, 2.05) is 36.4 Å². The van der Waals surface area contributed by atoms with Crippen molar-refractivity contribution >= 4 is 11.8 Å². The topological polar surface area (TPSA) is 101 Å². The number of carboxylic acid groups (broad SMARTS) is 1. The number of piperidine rings is 1. The maximum absolute atomic E-state index is 11.8. The second kappa shape index (κ2) is 15.8. The lowest BCUT2D eigenvalue weighted by Crippen LogP contribution is -2.46. The Morgan fingerprint density at radius 2 is 1.84 bits per heavy atom. The van der Waals surface area contributed by atoms with E-state index in [0.29, 0.717) is 52.5 Å². The zero-order chi connectivity index (χ0) is 30.7. The second-order valence-corrected chi connectivity index (χ2v) is 11.4. The molecule has 0 aromatic heterocycles. The number of likely N-dealkylation sites (tertiary alicyclic amines) is 1. The van der Waals surface area contributed by atoms with E-state index in [1.54, 1.807) is 7.11 Å². The molecule has 9 heteroatoms. The van der Waals surface area contributed by atoms with E-state index in [4.69, 9.17) is 18.9 Å².